The standard InChI is InChI=1S/C37H50FIN2O8/c1-22(2)28-9-8-23(3)14-31(28)48-21-34(44)41(12-10-24-6-5-7-27(38)15-24)30-18-26(37(46)40-11-13-42)19-32(35(30)45)49-36-29(39)16-25(20-43)17-33(36)47-4/h5-7,15-17,19,22-23,28,30-32,35,42-43,45H,8-14,18,20-21H2,1-4H3,(H,40,46)/t23-,28+,30+,31-,32-,35-/m0/s1. The summed E-state index contributed by atoms with van der Waals surface area (Å²) in [5.74, 6) is 0.639. The maximum Gasteiger partial charge on any atom is 0.248 e. The predicted octanol–water partition coefficient (Wildman–Crippen LogP) is 4.40. The molecular weight excluding hydrogens is 746 g/mol. The molecule has 2 aliphatic carbocycles. The molecule has 0 aromatic heterocycles. The van der Waals surface area contributed by atoms with Crippen LogP contribution < -0.4 is 14.8 Å². The van der Waals surface area contributed by atoms with E-state index in [2.05, 4.69) is 48.7 Å². The van der Waals surface area contributed by atoms with Gasteiger partial charge in [-0.1, -0.05) is 39.3 Å². The van der Waals surface area contributed by atoms with Crippen molar-refractivity contribution < 1.29 is 43.5 Å². The van der Waals surface area contributed by atoms with Crippen LogP contribution in [0.25, 0.3) is 0 Å². The number of hydrogen-bond donors (Lipinski definition) is 4. The normalized spacial score (nSPS) is 23.9. The number of nitrogens with one attached hydrogen (secondary N) is 1. The number of amides is 2. The van der Waals surface area contributed by atoms with Crippen LogP contribution in [-0.2, 0) is 27.4 Å². The largest absolute Gasteiger partial charge is 0.493 e. The number of aliphatic hydroxyl groups is 3. The van der Waals surface area contributed by atoms with Crippen molar-refractivity contribution in [1.82, 2.24) is 10.2 Å². The summed E-state index contributed by atoms with van der Waals surface area (Å²) in [5.41, 5.74) is 1.56. The molecule has 4 rings (SSSR count). The highest BCUT2D eigenvalue weighted by molar-refractivity contribution is 14.1. The van der Waals surface area contributed by atoms with Crippen LogP contribution in [0.4, 0.5) is 4.39 Å². The first-order valence-electron chi connectivity index (χ1n) is 17.0. The third-order valence-electron chi connectivity index (χ3n) is 9.57. The van der Waals surface area contributed by atoms with Gasteiger partial charge in [-0.3, -0.25) is 9.59 Å². The fourth-order valence-corrected chi connectivity index (χ4v) is 7.67. The second-order valence-corrected chi connectivity index (χ2v) is 14.6. The molecule has 0 bridgehead atoms. The second-order valence-electron chi connectivity index (χ2n) is 13.4. The van der Waals surface area contributed by atoms with Crippen LogP contribution in [0.2, 0.25) is 0 Å². The van der Waals surface area contributed by atoms with Crippen molar-refractivity contribution in [2.45, 2.75) is 83.8 Å². The summed E-state index contributed by atoms with van der Waals surface area (Å²) in [6, 6.07) is 8.61. The molecule has 270 valence electrons. The predicted molar refractivity (Wildman–Crippen MR) is 192 cm³/mol. The molecule has 6 atom stereocenters. The molecule has 4 N–H and O–H groups in total. The van der Waals surface area contributed by atoms with Gasteiger partial charge >= 0.3 is 0 Å². The van der Waals surface area contributed by atoms with Gasteiger partial charge in [0.1, 0.15) is 24.6 Å². The quantitative estimate of drug-likeness (QED) is 0.195. The molecule has 10 nitrogen and oxygen atoms in total. The third kappa shape index (κ3) is 10.4. The van der Waals surface area contributed by atoms with Gasteiger partial charge in [-0.15, -0.1) is 0 Å². The topological polar surface area (TPSA) is 138 Å². The van der Waals surface area contributed by atoms with Crippen molar-refractivity contribution in [3.63, 3.8) is 0 Å². The Morgan fingerprint density at radius 2 is 1.92 bits per heavy atom. The first kappa shape index (κ1) is 39.0. The van der Waals surface area contributed by atoms with Crippen LogP contribution in [0.1, 0.15) is 57.6 Å². The number of nitrogens with zero attached hydrogens (tertiary/aromatic N) is 1. The van der Waals surface area contributed by atoms with E-state index < -0.39 is 30.0 Å². The molecular formula is C37H50FIN2O8. The number of halogens is 2. The van der Waals surface area contributed by atoms with Crippen molar-refractivity contribution in [2.24, 2.45) is 17.8 Å². The summed E-state index contributed by atoms with van der Waals surface area (Å²) in [7, 11) is 1.47. The number of carbonyl (C=O) groups excluding carboxylic acids is 2. The highest BCUT2D eigenvalue weighted by atomic mass is 127. The number of aliphatic hydroxyl groups excluding tert-OH is 3. The van der Waals surface area contributed by atoms with Gasteiger partial charge in [-0.25, -0.2) is 4.39 Å². The highest BCUT2D eigenvalue weighted by Crippen LogP contribution is 2.38. The van der Waals surface area contributed by atoms with E-state index in [1.807, 2.05) is 0 Å². The Balaban J connectivity index is 1.67. The summed E-state index contributed by atoms with van der Waals surface area (Å²) in [6.07, 6.45) is 2.42. The molecule has 1 fully saturated rings. The number of hydrogen-bond acceptors (Lipinski definition) is 8. The van der Waals surface area contributed by atoms with Crippen LogP contribution in [0.3, 0.4) is 0 Å². The Kier molecular flexibility index (Phi) is 14.7. The van der Waals surface area contributed by atoms with Crippen molar-refractivity contribution in [1.29, 1.82) is 0 Å². The van der Waals surface area contributed by atoms with E-state index in [0.29, 0.717) is 50.4 Å². The van der Waals surface area contributed by atoms with E-state index in [4.69, 9.17) is 14.2 Å². The Labute approximate surface area is 302 Å². The van der Waals surface area contributed by atoms with Crippen molar-refractivity contribution in [3.8, 4) is 11.5 Å². The molecule has 49 heavy (non-hydrogen) atoms. The number of ether oxygens (including phenoxy) is 3. The molecule has 0 radical (unpaired) electrons. The van der Waals surface area contributed by atoms with E-state index >= 15 is 0 Å². The lowest BCUT2D eigenvalue weighted by atomic mass is 9.75. The van der Waals surface area contributed by atoms with Crippen molar-refractivity contribution >= 4 is 34.4 Å². The van der Waals surface area contributed by atoms with Crippen molar-refractivity contribution in [2.75, 3.05) is 33.4 Å². The van der Waals surface area contributed by atoms with E-state index in [0.717, 1.165) is 19.3 Å². The lowest BCUT2D eigenvalue weighted by molar-refractivity contribution is -0.148. The lowest BCUT2D eigenvalue weighted by Gasteiger charge is -2.41. The van der Waals surface area contributed by atoms with E-state index in [9.17, 15) is 29.3 Å². The average Bonchev–Trinajstić information content (AvgIpc) is 3.08. The molecule has 1 saturated carbocycles. The summed E-state index contributed by atoms with van der Waals surface area (Å²) in [4.78, 5) is 29.0. The van der Waals surface area contributed by atoms with Crippen LogP contribution in [0.5, 0.6) is 11.5 Å². The number of carbonyl (C=O) groups is 2. The minimum Gasteiger partial charge on any atom is -0.493 e. The van der Waals surface area contributed by atoms with Gasteiger partial charge in [0.05, 0.1) is 36.0 Å². The molecule has 0 unspecified atom stereocenters. The number of methoxy groups -OCH3 is 1. The van der Waals surface area contributed by atoms with E-state index in [-0.39, 0.29) is 56.9 Å². The fraction of sp³-hybridized carbons (Fsp3) is 0.568. The van der Waals surface area contributed by atoms with Crippen molar-refractivity contribution in [3.05, 3.63) is 68.6 Å². The molecule has 0 aliphatic heterocycles. The smallest absolute Gasteiger partial charge is 0.248 e. The maximum atomic E-state index is 14.2. The zero-order valence-corrected chi connectivity index (χ0v) is 30.9. The molecule has 2 amide bonds. The Morgan fingerprint density at radius 3 is 2.59 bits per heavy atom. The maximum absolute atomic E-state index is 14.2. The van der Waals surface area contributed by atoms with Gasteiger partial charge in [0.2, 0.25) is 11.8 Å². The van der Waals surface area contributed by atoms with Gasteiger partial charge in [-0.05, 0) is 101 Å². The fourth-order valence-electron chi connectivity index (χ4n) is 6.88. The monoisotopic (exact) mass is 796 g/mol. The third-order valence-corrected chi connectivity index (χ3v) is 10.4. The zero-order valence-electron chi connectivity index (χ0n) is 28.7. The Morgan fingerprint density at radius 1 is 1.14 bits per heavy atom. The molecule has 2 aromatic carbocycles. The summed E-state index contributed by atoms with van der Waals surface area (Å²) in [5, 5.41) is 33.7. The number of rotatable bonds is 15. The molecule has 0 heterocycles. The zero-order chi connectivity index (χ0) is 35.7. The summed E-state index contributed by atoms with van der Waals surface area (Å²) < 4.78 is 33.0. The molecule has 12 heteroatoms. The number of benzene rings is 2. The van der Waals surface area contributed by atoms with Gasteiger partial charge < -0.3 is 39.7 Å². The molecule has 2 aromatic rings. The molecule has 2 aliphatic rings. The van der Waals surface area contributed by atoms with Crippen LogP contribution in [0, 0.1) is 27.1 Å². The Bertz CT molecular complexity index is 1460. The summed E-state index contributed by atoms with van der Waals surface area (Å²) >= 11 is 2.05. The average molecular weight is 797 g/mol. The van der Waals surface area contributed by atoms with Gasteiger partial charge in [-0.2, -0.15) is 0 Å². The van der Waals surface area contributed by atoms with Gasteiger partial charge in [0.15, 0.2) is 11.5 Å². The lowest BCUT2D eigenvalue weighted by Crippen LogP contribution is -2.56. The first-order chi connectivity index (χ1) is 23.4. The van der Waals surface area contributed by atoms with E-state index in [1.165, 1.54) is 30.2 Å². The molecule has 0 saturated heterocycles. The second kappa shape index (κ2) is 18.5. The van der Waals surface area contributed by atoms with Crippen LogP contribution >= 0.6 is 22.6 Å². The highest BCUT2D eigenvalue weighted by Gasteiger charge is 2.41. The van der Waals surface area contributed by atoms with Gasteiger partial charge in [0.25, 0.3) is 0 Å². The first-order valence-corrected chi connectivity index (χ1v) is 18.1. The summed E-state index contributed by atoms with van der Waals surface area (Å²) in [6.45, 7) is 6.02. The Hall–Kier alpha value is -2.78. The minimum absolute atomic E-state index is 0.0138. The van der Waals surface area contributed by atoms with E-state index in [1.54, 1.807) is 24.3 Å². The van der Waals surface area contributed by atoms with Gasteiger partial charge in [0, 0.05) is 25.1 Å². The van der Waals surface area contributed by atoms with Crippen LogP contribution in [0.15, 0.2) is 48.0 Å². The minimum atomic E-state index is -1.28. The van der Waals surface area contributed by atoms with Crippen LogP contribution in [-0.4, -0.2) is 89.8 Å². The SMILES string of the molecule is COc1cc(CO)cc(I)c1O[C@H]1C=C(C(=O)NCCO)C[C@@H](N(CCc2cccc(F)c2)C(=O)CO[C@H]2C[C@@H](C)CC[C@@H]2C(C)C)[C@@H]1O. The molecule has 0 spiro atoms.